The van der Waals surface area contributed by atoms with Crippen LogP contribution < -0.4 is 38.2 Å². The third-order valence-corrected chi connectivity index (χ3v) is 18.1. The molecule has 6 N–H and O–H groups in total. The quantitative estimate of drug-likeness (QED) is 0.0220. The lowest BCUT2D eigenvalue weighted by Crippen LogP contribution is -2.41. The molecule has 0 aliphatic heterocycles. The van der Waals surface area contributed by atoms with Crippen molar-refractivity contribution in [2.45, 2.75) is 137 Å². The molecule has 6 heterocycles. The third kappa shape index (κ3) is 18.9. The van der Waals surface area contributed by atoms with Crippen LogP contribution in [0.4, 0.5) is 0 Å². The summed E-state index contributed by atoms with van der Waals surface area (Å²) in [6, 6.07) is 30.2. The second-order valence-corrected chi connectivity index (χ2v) is 26.5. The first-order chi connectivity index (χ1) is 48.2. The summed E-state index contributed by atoms with van der Waals surface area (Å²) < 4.78 is 17.6. The molecule has 24 nitrogen and oxygen atoms in total. The number of aryl methyl sites for hydroxylation is 5. The fourth-order valence-corrected chi connectivity index (χ4v) is 12.9. The van der Waals surface area contributed by atoms with Crippen LogP contribution in [0.1, 0.15) is 148 Å². The smallest absolute Gasteiger partial charge is 0.308 e. The van der Waals surface area contributed by atoms with Gasteiger partial charge in [-0.25, -0.2) is 0 Å². The summed E-state index contributed by atoms with van der Waals surface area (Å²) in [5, 5.41) is 31.1. The van der Waals surface area contributed by atoms with Crippen molar-refractivity contribution in [2.75, 3.05) is 13.2 Å². The van der Waals surface area contributed by atoms with Crippen molar-refractivity contribution in [3.63, 3.8) is 0 Å². The Morgan fingerprint density at radius 2 is 0.941 bits per heavy atom. The molecule has 0 spiro atoms. The van der Waals surface area contributed by atoms with Gasteiger partial charge in [0, 0.05) is 84.2 Å². The lowest BCUT2D eigenvalue weighted by molar-refractivity contribution is -0.146. The molecule has 0 aliphatic carbocycles. The molecule has 3 unspecified atom stereocenters. The van der Waals surface area contributed by atoms with Gasteiger partial charge in [-0.3, -0.25) is 57.7 Å². The van der Waals surface area contributed by atoms with Crippen molar-refractivity contribution < 1.29 is 43.3 Å². The number of H-pyrrole nitrogens is 2. The fraction of sp³-hybridized carbons (Fsp3) is 0.351. The number of ether oxygens (including phenoxy) is 2. The van der Waals surface area contributed by atoms with E-state index in [9.17, 15) is 48.3 Å². The second kappa shape index (κ2) is 33.5. The Labute approximate surface area is 584 Å². The number of benzene rings is 3. The summed E-state index contributed by atoms with van der Waals surface area (Å²) in [7, 11) is 1.83. The molecule has 24 heteroatoms. The fourth-order valence-electron chi connectivity index (χ4n) is 12.9. The highest BCUT2D eigenvalue weighted by Crippen LogP contribution is 2.34. The van der Waals surface area contributed by atoms with Crippen LogP contribution in [-0.4, -0.2) is 92.6 Å². The molecule has 0 saturated heterocycles. The normalized spacial score (nSPS) is 13.8. The van der Waals surface area contributed by atoms with E-state index in [-0.39, 0.29) is 49.5 Å². The number of carbonyl (C=O) groups is 6. The number of amides is 3. The number of hydrogen-bond donors (Lipinski definition) is 6. The van der Waals surface area contributed by atoms with Gasteiger partial charge < -0.3 is 49.2 Å². The molecular weight excluding hydrogens is 1290 g/mol. The topological polar surface area (TPSA) is 323 Å². The van der Waals surface area contributed by atoms with Crippen molar-refractivity contribution in [3.8, 4) is 33.4 Å². The van der Waals surface area contributed by atoms with E-state index in [0.29, 0.717) is 39.8 Å². The van der Waals surface area contributed by atoms with E-state index in [4.69, 9.17) is 9.47 Å². The van der Waals surface area contributed by atoms with Crippen molar-refractivity contribution in [1.29, 1.82) is 0 Å². The van der Waals surface area contributed by atoms with Crippen LogP contribution in [0.15, 0.2) is 177 Å². The Morgan fingerprint density at radius 1 is 0.515 bits per heavy atom. The minimum absolute atomic E-state index is 0.00973. The molecule has 0 saturated carbocycles. The highest BCUT2D eigenvalue weighted by atomic mass is 16.5. The van der Waals surface area contributed by atoms with Crippen LogP contribution in [0.3, 0.4) is 0 Å². The van der Waals surface area contributed by atoms with Crippen molar-refractivity contribution in [1.82, 2.24) is 54.6 Å². The summed E-state index contributed by atoms with van der Waals surface area (Å²) >= 11 is 0. The van der Waals surface area contributed by atoms with Gasteiger partial charge in [0.15, 0.2) is 0 Å². The first-order valence-corrected chi connectivity index (χ1v) is 33.7. The molecule has 101 heavy (non-hydrogen) atoms. The van der Waals surface area contributed by atoms with Crippen molar-refractivity contribution in [2.24, 2.45) is 24.8 Å². The molecule has 0 aliphatic rings. The first-order valence-electron chi connectivity index (χ1n) is 33.7. The zero-order chi connectivity index (χ0) is 72.8. The Bertz CT molecular complexity index is 4710. The Balaban J connectivity index is 0.940. The number of nitrogens with one attached hydrogen (secondary N) is 5. The maximum atomic E-state index is 15.2. The zero-order valence-electron chi connectivity index (χ0n) is 58.4. The van der Waals surface area contributed by atoms with Crippen LogP contribution in [0.25, 0.3) is 33.4 Å². The minimum atomic E-state index is -1.23. The number of hydrogen-bond acceptors (Lipinski definition) is 14. The van der Waals surface area contributed by atoms with Gasteiger partial charge in [0.2, 0.25) is 23.3 Å². The van der Waals surface area contributed by atoms with Gasteiger partial charge in [0.1, 0.15) is 18.1 Å². The van der Waals surface area contributed by atoms with Gasteiger partial charge in [-0.05, 0) is 147 Å². The Kier molecular flexibility index (Phi) is 24.5. The maximum Gasteiger partial charge on any atom is 0.308 e. The van der Waals surface area contributed by atoms with Gasteiger partial charge in [-0.1, -0.05) is 100 Å². The minimum Gasteiger partial charge on any atom is -0.481 e. The van der Waals surface area contributed by atoms with Crippen LogP contribution in [0.2, 0.25) is 0 Å². The first kappa shape index (κ1) is 73.9. The average molecular weight is 1370 g/mol. The SMILES string of the molecule is Cc1cc(=O)[nH]cc1-c1cccc([C@H](CC(=O)O)NC(=O)C(CC(C)COC(=O)C[C@H](NC(=O)[C@H](CC(C)COC(=O)C[C@H](NC(=O)[C@H](CC(C)C)n2ccccc2=O)c2cccc(-c3c(C)n[nH]c3C)c2)n2ccccc2=O)c2cccc(-c3c(C)nn(C)c3C)c2)n2ccccc2=O)c1. The summed E-state index contributed by atoms with van der Waals surface area (Å²) in [4.78, 5) is 141. The molecule has 8 atom stereocenters. The van der Waals surface area contributed by atoms with Crippen molar-refractivity contribution in [3.05, 3.63) is 245 Å². The second-order valence-electron chi connectivity index (χ2n) is 26.5. The molecule has 3 aromatic carbocycles. The summed E-state index contributed by atoms with van der Waals surface area (Å²) in [6.07, 6.45) is 5.02. The predicted octanol–water partition coefficient (Wildman–Crippen LogP) is 9.90. The van der Waals surface area contributed by atoms with Gasteiger partial charge in [0.25, 0.3) is 16.7 Å². The van der Waals surface area contributed by atoms with Crippen LogP contribution in [0.5, 0.6) is 0 Å². The number of carbonyl (C=O) groups excluding carboxylic acids is 5. The summed E-state index contributed by atoms with van der Waals surface area (Å²) in [6.45, 7) is 16.3. The highest BCUT2D eigenvalue weighted by molar-refractivity contribution is 5.84. The average Bonchev–Trinajstić information content (AvgIpc) is 1.80. The standard InChI is InChI=1S/C77H87N11O13/c1-45(2)32-63(86-29-14-11-26-67(86)90)75(97)80-61(55-22-18-24-57(37-55)73-49(6)82-83-50(73)7)40-71(95)100-44-47(4)34-65(88-31-16-13-28-69(88)92)77(99)81-62(56-23-19-25-58(38-56)74-51(8)84-85(10)52(74)9)41-72(96)101-43-46(3)33-64(87-30-15-12-27-68(87)91)76(98)79-60(39-70(93)94)54-21-17-20-53(36-54)59-42-78-66(89)35-48(59)5/h11-31,35-38,42,45-47,60-65H,32-34,39-41,43-44H2,1-10H3,(H,78,89)(H,79,98)(H,80,97)(H,81,99)(H,82,83)(H,93,94)/t46?,47?,60-,61-,62-,63-,64?,65-/m0/s1. The Morgan fingerprint density at radius 3 is 1.34 bits per heavy atom. The maximum absolute atomic E-state index is 15.2. The number of aliphatic carboxylic acids is 1. The Hall–Kier alpha value is -11.3. The predicted molar refractivity (Wildman–Crippen MR) is 381 cm³/mol. The van der Waals surface area contributed by atoms with E-state index in [2.05, 4.69) is 36.2 Å². The van der Waals surface area contributed by atoms with E-state index in [1.165, 1.54) is 56.4 Å². The molecule has 528 valence electrons. The molecule has 6 aromatic heterocycles. The number of aromatic nitrogens is 8. The van der Waals surface area contributed by atoms with E-state index in [1.807, 2.05) is 78.9 Å². The molecule has 9 aromatic rings. The monoisotopic (exact) mass is 1370 g/mol. The number of esters is 2. The number of carboxylic acid groups (broad SMARTS) is 1. The van der Waals surface area contributed by atoms with Gasteiger partial charge >= 0.3 is 17.9 Å². The third-order valence-electron chi connectivity index (χ3n) is 18.1. The van der Waals surface area contributed by atoms with Crippen molar-refractivity contribution >= 4 is 35.6 Å². The molecule has 3 amide bonds. The molecular formula is C77H87N11O13. The van der Waals surface area contributed by atoms with E-state index >= 15 is 4.79 Å². The van der Waals surface area contributed by atoms with Crippen LogP contribution >= 0.6 is 0 Å². The molecule has 0 radical (unpaired) electrons. The molecule has 0 fully saturated rings. The van der Waals surface area contributed by atoms with E-state index in [1.54, 1.807) is 111 Å². The van der Waals surface area contributed by atoms with Gasteiger partial charge in [0.05, 0.1) is 62.0 Å². The van der Waals surface area contributed by atoms with E-state index < -0.39 is 108 Å². The number of nitrogens with zero attached hydrogens (tertiary/aromatic N) is 6. The largest absolute Gasteiger partial charge is 0.481 e. The van der Waals surface area contributed by atoms with Crippen LogP contribution in [-0.2, 0) is 45.3 Å². The zero-order valence-corrected chi connectivity index (χ0v) is 58.4. The number of aromatic amines is 2. The number of carboxylic acids is 1. The van der Waals surface area contributed by atoms with Crippen LogP contribution in [0, 0.1) is 52.4 Å². The van der Waals surface area contributed by atoms with Gasteiger partial charge in [-0.2, -0.15) is 10.2 Å². The molecule has 9 rings (SSSR count). The lowest BCUT2D eigenvalue weighted by Gasteiger charge is -2.27. The highest BCUT2D eigenvalue weighted by Gasteiger charge is 2.33. The molecule has 0 bridgehead atoms. The van der Waals surface area contributed by atoms with E-state index in [0.717, 1.165) is 45.0 Å². The number of rotatable bonds is 31. The van der Waals surface area contributed by atoms with Gasteiger partial charge in [-0.15, -0.1) is 0 Å². The number of pyridine rings is 4. The summed E-state index contributed by atoms with van der Waals surface area (Å²) in [5.41, 5.74) is 8.35. The summed E-state index contributed by atoms with van der Waals surface area (Å²) in [5.74, 6) is -5.60. The lowest BCUT2D eigenvalue weighted by atomic mass is 9.95.